The Morgan fingerprint density at radius 1 is 1.08 bits per heavy atom. The molecule has 24 heavy (non-hydrogen) atoms. The number of H-pyrrole nitrogens is 1. The Balaban J connectivity index is 1.49. The summed E-state index contributed by atoms with van der Waals surface area (Å²) in [6, 6.07) is 15.5. The Kier molecular flexibility index (Phi) is 4.03. The largest absolute Gasteiger partial charge is 0.361 e. The predicted molar refractivity (Wildman–Crippen MR) is 97.6 cm³/mol. The minimum absolute atomic E-state index is 0.135. The lowest BCUT2D eigenvalue weighted by Crippen LogP contribution is -2.37. The van der Waals surface area contributed by atoms with Crippen molar-refractivity contribution in [2.75, 3.05) is 13.1 Å². The average Bonchev–Trinajstić information content (AvgIpc) is 3.05. The monoisotopic (exact) mass is 338 g/mol. The van der Waals surface area contributed by atoms with Crippen LogP contribution in [0.25, 0.3) is 10.9 Å². The highest BCUT2D eigenvalue weighted by molar-refractivity contribution is 6.31. The zero-order chi connectivity index (χ0) is 16.5. The average molecular weight is 339 g/mol. The number of carbonyl (C=O) groups excluding carboxylic acids is 1. The van der Waals surface area contributed by atoms with Gasteiger partial charge < -0.3 is 9.88 Å². The Hall–Kier alpha value is -2.26. The zero-order valence-corrected chi connectivity index (χ0v) is 14.1. The normalized spacial score (nSPS) is 15.8. The van der Waals surface area contributed by atoms with Gasteiger partial charge in [-0.1, -0.05) is 29.8 Å². The van der Waals surface area contributed by atoms with Crippen LogP contribution in [0.4, 0.5) is 0 Å². The number of fused-ring (bicyclic) bond motifs is 1. The van der Waals surface area contributed by atoms with Crippen LogP contribution in [0.15, 0.2) is 54.7 Å². The van der Waals surface area contributed by atoms with E-state index in [4.69, 9.17) is 11.6 Å². The molecule has 4 heteroatoms. The van der Waals surface area contributed by atoms with Gasteiger partial charge in [-0.2, -0.15) is 0 Å². The summed E-state index contributed by atoms with van der Waals surface area (Å²) in [5.74, 6) is 0.605. The van der Waals surface area contributed by atoms with Crippen molar-refractivity contribution >= 4 is 28.4 Å². The fourth-order valence-electron chi connectivity index (χ4n) is 3.61. The lowest BCUT2D eigenvalue weighted by Gasteiger charge is -2.32. The number of hydrogen-bond acceptors (Lipinski definition) is 1. The first-order valence-corrected chi connectivity index (χ1v) is 8.71. The molecular formula is C20H19ClN2O. The highest BCUT2D eigenvalue weighted by atomic mass is 35.5. The maximum atomic E-state index is 12.6. The smallest absolute Gasteiger partial charge is 0.253 e. The summed E-state index contributed by atoms with van der Waals surface area (Å²) in [6.07, 6.45) is 4.07. The van der Waals surface area contributed by atoms with Crippen molar-refractivity contribution in [3.63, 3.8) is 0 Å². The Morgan fingerprint density at radius 2 is 1.83 bits per heavy atom. The van der Waals surface area contributed by atoms with Gasteiger partial charge in [0.25, 0.3) is 5.91 Å². The van der Waals surface area contributed by atoms with Crippen molar-refractivity contribution in [2.45, 2.75) is 18.8 Å². The number of benzene rings is 2. The van der Waals surface area contributed by atoms with Crippen LogP contribution in [0.5, 0.6) is 0 Å². The molecule has 0 bridgehead atoms. The van der Waals surface area contributed by atoms with Gasteiger partial charge in [-0.25, -0.2) is 0 Å². The number of amides is 1. The van der Waals surface area contributed by atoms with Gasteiger partial charge in [-0.3, -0.25) is 4.79 Å². The summed E-state index contributed by atoms with van der Waals surface area (Å²) in [7, 11) is 0. The summed E-state index contributed by atoms with van der Waals surface area (Å²) < 4.78 is 0. The van der Waals surface area contributed by atoms with Gasteiger partial charge >= 0.3 is 0 Å². The molecule has 122 valence electrons. The number of aromatic amines is 1. The van der Waals surface area contributed by atoms with Crippen LogP contribution in [0, 0.1) is 0 Å². The number of carbonyl (C=O) groups is 1. The van der Waals surface area contributed by atoms with Crippen molar-refractivity contribution in [1.29, 1.82) is 0 Å². The molecule has 1 aliphatic heterocycles. The van der Waals surface area contributed by atoms with Crippen molar-refractivity contribution < 1.29 is 4.79 Å². The van der Waals surface area contributed by atoms with Crippen molar-refractivity contribution in [3.8, 4) is 0 Å². The van der Waals surface area contributed by atoms with Crippen molar-refractivity contribution in [1.82, 2.24) is 9.88 Å². The van der Waals surface area contributed by atoms with Crippen LogP contribution in [0.3, 0.4) is 0 Å². The molecule has 4 rings (SSSR count). The molecule has 1 amide bonds. The van der Waals surface area contributed by atoms with E-state index in [9.17, 15) is 4.79 Å². The van der Waals surface area contributed by atoms with Gasteiger partial charge in [-0.15, -0.1) is 0 Å². The molecule has 3 aromatic rings. The first kappa shape index (κ1) is 15.3. The topological polar surface area (TPSA) is 36.1 Å². The van der Waals surface area contributed by atoms with Gasteiger partial charge in [0.2, 0.25) is 0 Å². The molecule has 2 heterocycles. The molecule has 0 radical (unpaired) electrons. The third kappa shape index (κ3) is 2.80. The predicted octanol–water partition coefficient (Wildman–Crippen LogP) is 4.84. The van der Waals surface area contributed by atoms with E-state index in [1.54, 1.807) is 0 Å². The van der Waals surface area contributed by atoms with Crippen LogP contribution in [0.2, 0.25) is 5.02 Å². The molecule has 1 aromatic heterocycles. The van der Waals surface area contributed by atoms with Crippen LogP contribution >= 0.6 is 11.6 Å². The second-order valence-electron chi connectivity index (χ2n) is 6.37. The van der Waals surface area contributed by atoms with E-state index in [-0.39, 0.29) is 5.91 Å². The molecule has 3 nitrogen and oxygen atoms in total. The van der Waals surface area contributed by atoms with Crippen molar-refractivity contribution in [3.05, 3.63) is 70.9 Å². The molecular weight excluding hydrogens is 320 g/mol. The minimum Gasteiger partial charge on any atom is -0.361 e. The lowest BCUT2D eigenvalue weighted by atomic mass is 9.89. The summed E-state index contributed by atoms with van der Waals surface area (Å²) in [6.45, 7) is 1.59. The van der Waals surface area contributed by atoms with Gasteiger partial charge in [0.1, 0.15) is 0 Å². The van der Waals surface area contributed by atoms with E-state index in [1.165, 1.54) is 10.9 Å². The standard InChI is InChI=1S/C20H19ClN2O/c21-16-6-7-19-17(12-16)18(13-22-19)14-8-10-23(11-9-14)20(24)15-4-2-1-3-5-15/h1-7,12-14,22H,8-11H2. The molecule has 0 saturated carbocycles. The second kappa shape index (κ2) is 6.33. The summed E-state index contributed by atoms with van der Waals surface area (Å²) in [5.41, 5.74) is 3.21. The number of halogens is 1. The Labute approximate surface area is 146 Å². The number of aromatic nitrogens is 1. The number of piperidine rings is 1. The van der Waals surface area contributed by atoms with Crippen LogP contribution in [-0.4, -0.2) is 28.9 Å². The zero-order valence-electron chi connectivity index (χ0n) is 13.3. The van der Waals surface area contributed by atoms with E-state index in [0.29, 0.717) is 5.92 Å². The number of hydrogen-bond donors (Lipinski definition) is 1. The third-order valence-corrected chi connectivity index (χ3v) is 5.15. The highest BCUT2D eigenvalue weighted by Gasteiger charge is 2.26. The minimum atomic E-state index is 0.135. The first-order valence-electron chi connectivity index (χ1n) is 8.33. The fourth-order valence-corrected chi connectivity index (χ4v) is 3.78. The Bertz CT molecular complexity index is 864. The van der Waals surface area contributed by atoms with Gasteiger partial charge in [-0.05, 0) is 54.7 Å². The molecule has 1 N–H and O–H groups in total. The summed E-state index contributed by atoms with van der Waals surface area (Å²) >= 11 is 6.15. The molecule has 2 aromatic carbocycles. The number of nitrogens with one attached hydrogen (secondary N) is 1. The van der Waals surface area contributed by atoms with Crippen molar-refractivity contribution in [2.24, 2.45) is 0 Å². The van der Waals surface area contributed by atoms with E-state index >= 15 is 0 Å². The fraction of sp³-hybridized carbons (Fsp3) is 0.250. The number of likely N-dealkylation sites (tertiary alicyclic amines) is 1. The number of rotatable bonds is 2. The SMILES string of the molecule is O=C(c1ccccc1)N1CCC(c2c[nH]c3ccc(Cl)cc23)CC1. The number of nitrogens with zero attached hydrogens (tertiary/aromatic N) is 1. The van der Waals surface area contributed by atoms with Gasteiger partial charge in [0.05, 0.1) is 0 Å². The molecule has 0 unspecified atom stereocenters. The molecule has 0 aliphatic carbocycles. The molecule has 1 aliphatic rings. The molecule has 1 saturated heterocycles. The van der Waals surface area contributed by atoms with E-state index in [0.717, 1.165) is 42.0 Å². The lowest BCUT2D eigenvalue weighted by molar-refractivity contribution is 0.0713. The maximum Gasteiger partial charge on any atom is 0.253 e. The molecule has 0 atom stereocenters. The van der Waals surface area contributed by atoms with E-state index in [2.05, 4.69) is 11.2 Å². The highest BCUT2D eigenvalue weighted by Crippen LogP contribution is 2.34. The molecule has 1 fully saturated rings. The summed E-state index contributed by atoms with van der Waals surface area (Å²) in [5, 5.41) is 1.97. The van der Waals surface area contributed by atoms with Crippen LogP contribution in [0.1, 0.15) is 34.7 Å². The second-order valence-corrected chi connectivity index (χ2v) is 6.80. The van der Waals surface area contributed by atoms with E-state index < -0.39 is 0 Å². The first-order chi connectivity index (χ1) is 11.7. The quantitative estimate of drug-likeness (QED) is 0.713. The summed E-state index contributed by atoms with van der Waals surface area (Å²) in [4.78, 5) is 17.9. The Morgan fingerprint density at radius 3 is 2.58 bits per heavy atom. The van der Waals surface area contributed by atoms with Gasteiger partial charge in [0, 0.05) is 40.8 Å². The van der Waals surface area contributed by atoms with E-state index in [1.807, 2.05) is 53.4 Å². The molecule has 0 spiro atoms. The van der Waals surface area contributed by atoms with Gasteiger partial charge in [0.15, 0.2) is 0 Å². The maximum absolute atomic E-state index is 12.6. The third-order valence-electron chi connectivity index (χ3n) is 4.92. The van der Waals surface area contributed by atoms with Crippen LogP contribution in [-0.2, 0) is 0 Å². The van der Waals surface area contributed by atoms with Crippen LogP contribution < -0.4 is 0 Å².